The number of thiophene rings is 1. The van der Waals surface area contributed by atoms with Crippen molar-refractivity contribution in [2.24, 2.45) is 0 Å². The Bertz CT molecular complexity index is 978. The zero-order valence-electron chi connectivity index (χ0n) is 16.2. The molecule has 0 spiro atoms. The van der Waals surface area contributed by atoms with Crippen LogP contribution in [0.25, 0.3) is 21.3 Å². The molecule has 1 aromatic carbocycles. The Kier molecular flexibility index (Phi) is 5.54. The second kappa shape index (κ2) is 8.24. The first-order chi connectivity index (χ1) is 13.6. The fourth-order valence-corrected chi connectivity index (χ4v) is 4.52. The number of amides is 1. The molecule has 1 N–H and O–H groups in total. The van der Waals surface area contributed by atoms with Crippen molar-refractivity contribution in [3.05, 3.63) is 41.0 Å². The SMILES string of the molecule is Cc1ccc(-c2c(C)sc3ncnc(NCCC(=O)N4CCOCC4)c23)cc1. The molecule has 4 rings (SSSR count). The van der Waals surface area contributed by atoms with Crippen molar-refractivity contribution >= 4 is 33.3 Å². The number of benzene rings is 1. The molecule has 3 heterocycles. The number of ether oxygens (including phenoxy) is 1. The molecule has 0 radical (unpaired) electrons. The maximum absolute atomic E-state index is 12.4. The van der Waals surface area contributed by atoms with Crippen LogP contribution in [0.1, 0.15) is 16.9 Å². The summed E-state index contributed by atoms with van der Waals surface area (Å²) in [7, 11) is 0. The van der Waals surface area contributed by atoms with Crippen LogP contribution < -0.4 is 5.32 Å². The molecule has 2 aromatic heterocycles. The number of carbonyl (C=O) groups excluding carboxylic acids is 1. The van der Waals surface area contributed by atoms with Crippen molar-refractivity contribution in [2.45, 2.75) is 20.3 Å². The van der Waals surface area contributed by atoms with Gasteiger partial charge in [0, 0.05) is 36.5 Å². The lowest BCUT2D eigenvalue weighted by Crippen LogP contribution is -2.41. The first-order valence-corrected chi connectivity index (χ1v) is 10.4. The molecule has 3 aromatic rings. The molecule has 1 aliphatic rings. The quantitative estimate of drug-likeness (QED) is 0.713. The Morgan fingerprint density at radius 3 is 2.68 bits per heavy atom. The van der Waals surface area contributed by atoms with Gasteiger partial charge >= 0.3 is 0 Å². The summed E-state index contributed by atoms with van der Waals surface area (Å²) in [5, 5.41) is 4.40. The van der Waals surface area contributed by atoms with E-state index in [0.29, 0.717) is 39.3 Å². The number of hydrogen-bond donors (Lipinski definition) is 1. The van der Waals surface area contributed by atoms with Gasteiger partial charge in [-0.3, -0.25) is 4.79 Å². The third kappa shape index (κ3) is 3.86. The van der Waals surface area contributed by atoms with Gasteiger partial charge in [0.15, 0.2) is 0 Å². The van der Waals surface area contributed by atoms with Crippen molar-refractivity contribution in [2.75, 3.05) is 38.2 Å². The fourth-order valence-electron chi connectivity index (χ4n) is 3.50. The Balaban J connectivity index is 1.55. The second-order valence-electron chi connectivity index (χ2n) is 6.97. The zero-order chi connectivity index (χ0) is 19.5. The molecule has 146 valence electrons. The van der Waals surface area contributed by atoms with E-state index in [2.05, 4.69) is 53.4 Å². The summed E-state index contributed by atoms with van der Waals surface area (Å²) in [5.74, 6) is 0.945. The average Bonchev–Trinajstić information content (AvgIpc) is 3.06. The summed E-state index contributed by atoms with van der Waals surface area (Å²) in [4.78, 5) is 25.4. The predicted octanol–water partition coefficient (Wildman–Crippen LogP) is 3.64. The molecular formula is C21H24N4O2S. The van der Waals surface area contributed by atoms with Crippen LogP contribution in [0.3, 0.4) is 0 Å². The summed E-state index contributed by atoms with van der Waals surface area (Å²) in [6, 6.07) is 8.53. The van der Waals surface area contributed by atoms with Crippen molar-refractivity contribution < 1.29 is 9.53 Å². The third-order valence-corrected chi connectivity index (χ3v) is 6.01. The van der Waals surface area contributed by atoms with Crippen LogP contribution in [-0.2, 0) is 9.53 Å². The number of fused-ring (bicyclic) bond motifs is 1. The van der Waals surface area contributed by atoms with Gasteiger partial charge < -0.3 is 15.0 Å². The Labute approximate surface area is 168 Å². The minimum Gasteiger partial charge on any atom is -0.378 e. The lowest BCUT2D eigenvalue weighted by Gasteiger charge is -2.26. The van der Waals surface area contributed by atoms with E-state index in [-0.39, 0.29) is 5.91 Å². The minimum absolute atomic E-state index is 0.154. The normalized spacial score (nSPS) is 14.4. The second-order valence-corrected chi connectivity index (χ2v) is 8.17. The van der Waals surface area contributed by atoms with Gasteiger partial charge in [-0.2, -0.15) is 0 Å². The molecule has 0 unspecified atom stereocenters. The molecule has 1 saturated heterocycles. The molecule has 0 bridgehead atoms. The Hall–Kier alpha value is -2.51. The van der Waals surface area contributed by atoms with E-state index in [1.807, 2.05) is 4.90 Å². The van der Waals surface area contributed by atoms with Crippen molar-refractivity contribution in [3.63, 3.8) is 0 Å². The molecule has 1 amide bonds. The summed E-state index contributed by atoms with van der Waals surface area (Å²) >= 11 is 1.67. The van der Waals surface area contributed by atoms with Crippen LogP contribution in [0.2, 0.25) is 0 Å². The van der Waals surface area contributed by atoms with E-state index in [4.69, 9.17) is 4.74 Å². The van der Waals surface area contributed by atoms with Gasteiger partial charge in [-0.05, 0) is 19.4 Å². The fraction of sp³-hybridized carbons (Fsp3) is 0.381. The number of aryl methyl sites for hydroxylation is 2. The molecule has 28 heavy (non-hydrogen) atoms. The van der Waals surface area contributed by atoms with Gasteiger partial charge in [0.1, 0.15) is 17.0 Å². The number of carbonyl (C=O) groups is 1. The highest BCUT2D eigenvalue weighted by Gasteiger charge is 2.18. The van der Waals surface area contributed by atoms with Gasteiger partial charge in [0.2, 0.25) is 5.91 Å². The molecule has 6 nitrogen and oxygen atoms in total. The Morgan fingerprint density at radius 1 is 1.18 bits per heavy atom. The van der Waals surface area contributed by atoms with Crippen LogP contribution in [0.15, 0.2) is 30.6 Å². The van der Waals surface area contributed by atoms with Crippen molar-refractivity contribution in [1.29, 1.82) is 0 Å². The van der Waals surface area contributed by atoms with Gasteiger partial charge in [0.05, 0.1) is 18.6 Å². The van der Waals surface area contributed by atoms with Gasteiger partial charge in [-0.25, -0.2) is 9.97 Å². The number of anilines is 1. The lowest BCUT2D eigenvalue weighted by atomic mass is 10.0. The molecule has 1 aliphatic heterocycles. The molecule has 7 heteroatoms. The number of morpholine rings is 1. The monoisotopic (exact) mass is 396 g/mol. The van der Waals surface area contributed by atoms with E-state index in [1.54, 1.807) is 17.7 Å². The van der Waals surface area contributed by atoms with Crippen molar-refractivity contribution in [3.8, 4) is 11.1 Å². The van der Waals surface area contributed by atoms with Crippen LogP contribution >= 0.6 is 11.3 Å². The molecule has 1 fully saturated rings. The van der Waals surface area contributed by atoms with Gasteiger partial charge in [0.25, 0.3) is 0 Å². The van der Waals surface area contributed by atoms with E-state index < -0.39 is 0 Å². The average molecular weight is 397 g/mol. The van der Waals surface area contributed by atoms with Crippen LogP contribution in [0.5, 0.6) is 0 Å². The number of nitrogens with one attached hydrogen (secondary N) is 1. The summed E-state index contributed by atoms with van der Waals surface area (Å²) in [6.45, 7) is 7.36. The topological polar surface area (TPSA) is 67.4 Å². The number of aromatic nitrogens is 2. The largest absolute Gasteiger partial charge is 0.378 e. The molecule has 0 atom stereocenters. The first-order valence-electron chi connectivity index (χ1n) is 9.54. The van der Waals surface area contributed by atoms with Gasteiger partial charge in [-0.1, -0.05) is 29.8 Å². The Morgan fingerprint density at radius 2 is 1.93 bits per heavy atom. The van der Waals surface area contributed by atoms with Crippen LogP contribution in [0, 0.1) is 13.8 Å². The maximum Gasteiger partial charge on any atom is 0.224 e. The summed E-state index contributed by atoms with van der Waals surface area (Å²) in [6.07, 6.45) is 2.03. The van der Waals surface area contributed by atoms with E-state index >= 15 is 0 Å². The summed E-state index contributed by atoms with van der Waals surface area (Å²) in [5.41, 5.74) is 3.57. The standard InChI is InChI=1S/C21H24N4O2S/c1-14-3-5-16(6-4-14)18-15(2)28-21-19(18)20(23-13-24-21)22-8-7-17(26)25-9-11-27-12-10-25/h3-6,13H,7-12H2,1-2H3,(H,22,23,24). The van der Waals surface area contributed by atoms with E-state index in [9.17, 15) is 4.79 Å². The lowest BCUT2D eigenvalue weighted by molar-refractivity contribution is -0.134. The van der Waals surface area contributed by atoms with E-state index in [0.717, 1.165) is 21.6 Å². The van der Waals surface area contributed by atoms with Crippen LogP contribution in [-0.4, -0.2) is 53.6 Å². The maximum atomic E-state index is 12.4. The van der Waals surface area contributed by atoms with Crippen molar-refractivity contribution in [1.82, 2.24) is 14.9 Å². The zero-order valence-corrected chi connectivity index (χ0v) is 17.0. The number of nitrogens with zero attached hydrogens (tertiary/aromatic N) is 3. The highest BCUT2D eigenvalue weighted by atomic mass is 32.1. The smallest absolute Gasteiger partial charge is 0.224 e. The highest BCUT2D eigenvalue weighted by molar-refractivity contribution is 7.19. The number of rotatable bonds is 5. The summed E-state index contributed by atoms with van der Waals surface area (Å²) < 4.78 is 5.31. The molecule has 0 aliphatic carbocycles. The molecule has 0 saturated carbocycles. The minimum atomic E-state index is 0.154. The van der Waals surface area contributed by atoms with Crippen LogP contribution in [0.4, 0.5) is 5.82 Å². The predicted molar refractivity (Wildman–Crippen MR) is 113 cm³/mol. The number of hydrogen-bond acceptors (Lipinski definition) is 6. The van der Waals surface area contributed by atoms with E-state index in [1.165, 1.54) is 16.0 Å². The highest BCUT2D eigenvalue weighted by Crippen LogP contribution is 2.40. The molecular weight excluding hydrogens is 372 g/mol. The third-order valence-electron chi connectivity index (χ3n) is 5.00. The van der Waals surface area contributed by atoms with Gasteiger partial charge in [-0.15, -0.1) is 11.3 Å². The first kappa shape index (κ1) is 18.8.